The van der Waals surface area contributed by atoms with E-state index in [1.54, 1.807) is 0 Å². The van der Waals surface area contributed by atoms with Gasteiger partial charge in [0.2, 0.25) is 0 Å². The summed E-state index contributed by atoms with van der Waals surface area (Å²) in [5.74, 6) is 0.427. The van der Waals surface area contributed by atoms with E-state index >= 15 is 0 Å². The second kappa shape index (κ2) is 6.10. The fraction of sp³-hybridized carbons (Fsp3) is 0.625. The van der Waals surface area contributed by atoms with Gasteiger partial charge in [-0.05, 0) is 31.9 Å². The van der Waals surface area contributed by atoms with Crippen LogP contribution in [0.5, 0.6) is 5.75 Å². The van der Waals surface area contributed by atoms with E-state index in [4.69, 9.17) is 9.47 Å². The Kier molecular flexibility index (Phi) is 4.22. The van der Waals surface area contributed by atoms with Crippen molar-refractivity contribution in [2.45, 2.75) is 50.9 Å². The predicted molar refractivity (Wildman–Crippen MR) is 75.4 cm³/mol. The molecule has 3 nitrogen and oxygen atoms in total. The third-order valence-corrected chi connectivity index (χ3v) is 4.12. The van der Waals surface area contributed by atoms with Crippen molar-refractivity contribution >= 4 is 0 Å². The zero-order valence-electron chi connectivity index (χ0n) is 11.9. The third-order valence-electron chi connectivity index (χ3n) is 4.12. The van der Waals surface area contributed by atoms with Crippen molar-refractivity contribution in [3.63, 3.8) is 0 Å². The summed E-state index contributed by atoms with van der Waals surface area (Å²) in [5.41, 5.74) is 1.06. The monoisotopic (exact) mass is 279 g/mol. The Morgan fingerprint density at radius 1 is 1.35 bits per heavy atom. The number of hydrogen-bond acceptors (Lipinski definition) is 3. The van der Waals surface area contributed by atoms with E-state index in [0.717, 1.165) is 44.4 Å². The van der Waals surface area contributed by atoms with Crippen LogP contribution in [0.2, 0.25) is 0 Å². The normalized spacial score (nSPS) is 29.0. The number of benzene rings is 1. The molecule has 0 spiro atoms. The molecular weight excluding hydrogens is 257 g/mol. The molecule has 3 unspecified atom stereocenters. The smallest absolute Gasteiger partial charge is 0.127 e. The van der Waals surface area contributed by atoms with Gasteiger partial charge < -0.3 is 14.8 Å². The average Bonchev–Trinajstić information content (AvgIpc) is 2.98. The van der Waals surface area contributed by atoms with Gasteiger partial charge in [-0.1, -0.05) is 13.0 Å². The van der Waals surface area contributed by atoms with Gasteiger partial charge >= 0.3 is 0 Å². The van der Waals surface area contributed by atoms with Crippen LogP contribution in [-0.2, 0) is 4.74 Å². The number of fused-ring (bicyclic) bond motifs is 1. The molecule has 1 aromatic rings. The van der Waals surface area contributed by atoms with Crippen molar-refractivity contribution in [3.05, 3.63) is 29.6 Å². The lowest BCUT2D eigenvalue weighted by molar-refractivity contribution is -0.00461. The van der Waals surface area contributed by atoms with E-state index in [9.17, 15) is 4.39 Å². The van der Waals surface area contributed by atoms with Gasteiger partial charge in [0.1, 0.15) is 17.7 Å². The maximum atomic E-state index is 13.4. The van der Waals surface area contributed by atoms with E-state index in [0.29, 0.717) is 5.75 Å². The van der Waals surface area contributed by atoms with Crippen LogP contribution >= 0.6 is 0 Å². The van der Waals surface area contributed by atoms with E-state index in [1.807, 2.05) is 6.07 Å². The summed E-state index contributed by atoms with van der Waals surface area (Å²) in [6, 6.07) is 5.07. The summed E-state index contributed by atoms with van der Waals surface area (Å²) >= 11 is 0. The quantitative estimate of drug-likeness (QED) is 0.918. The topological polar surface area (TPSA) is 30.5 Å². The highest BCUT2D eigenvalue weighted by atomic mass is 19.1. The maximum Gasteiger partial charge on any atom is 0.127 e. The first-order valence-corrected chi connectivity index (χ1v) is 7.59. The van der Waals surface area contributed by atoms with Crippen LogP contribution in [0.4, 0.5) is 4.39 Å². The van der Waals surface area contributed by atoms with Crippen molar-refractivity contribution in [2.75, 3.05) is 13.2 Å². The number of hydrogen-bond donors (Lipinski definition) is 1. The molecule has 3 rings (SSSR count). The third kappa shape index (κ3) is 2.81. The molecule has 2 aliphatic heterocycles. The lowest BCUT2D eigenvalue weighted by Gasteiger charge is -2.35. The Labute approximate surface area is 119 Å². The van der Waals surface area contributed by atoms with E-state index in [1.165, 1.54) is 12.1 Å². The van der Waals surface area contributed by atoms with E-state index in [2.05, 4.69) is 12.2 Å². The summed E-state index contributed by atoms with van der Waals surface area (Å²) in [7, 11) is 0. The molecule has 20 heavy (non-hydrogen) atoms. The molecule has 3 atom stereocenters. The second-order valence-electron chi connectivity index (χ2n) is 5.63. The van der Waals surface area contributed by atoms with Crippen molar-refractivity contribution in [3.8, 4) is 5.75 Å². The summed E-state index contributed by atoms with van der Waals surface area (Å²) in [6.45, 7) is 3.92. The van der Waals surface area contributed by atoms with Gasteiger partial charge in [0, 0.05) is 30.7 Å². The molecule has 1 fully saturated rings. The molecular formula is C16H22FNO2. The SMILES string of the molecule is CCCNC1CC(C2CCCO2)Oc2cc(F)ccc21. The van der Waals surface area contributed by atoms with Gasteiger partial charge in [0.25, 0.3) is 0 Å². The summed E-state index contributed by atoms with van der Waals surface area (Å²) in [4.78, 5) is 0. The minimum absolute atomic E-state index is 0.0288. The first kappa shape index (κ1) is 13.8. The predicted octanol–water partition coefficient (Wildman–Crippen LogP) is 3.20. The zero-order chi connectivity index (χ0) is 13.9. The number of nitrogens with one attached hydrogen (secondary N) is 1. The Morgan fingerprint density at radius 2 is 2.25 bits per heavy atom. The fourth-order valence-corrected chi connectivity index (χ4v) is 3.10. The minimum Gasteiger partial charge on any atom is -0.487 e. The van der Waals surface area contributed by atoms with Gasteiger partial charge in [0.05, 0.1) is 6.10 Å². The molecule has 0 aliphatic carbocycles. The van der Waals surface area contributed by atoms with Crippen LogP contribution in [0.3, 0.4) is 0 Å². The van der Waals surface area contributed by atoms with Gasteiger partial charge in [-0.25, -0.2) is 4.39 Å². The molecule has 110 valence electrons. The number of halogens is 1. The zero-order valence-corrected chi connectivity index (χ0v) is 11.9. The lowest BCUT2D eigenvalue weighted by atomic mass is 9.93. The van der Waals surface area contributed by atoms with Crippen LogP contribution in [0.1, 0.15) is 44.2 Å². The molecule has 0 radical (unpaired) electrons. The van der Waals surface area contributed by atoms with Crippen LogP contribution in [0, 0.1) is 5.82 Å². The van der Waals surface area contributed by atoms with Crippen molar-refractivity contribution < 1.29 is 13.9 Å². The van der Waals surface area contributed by atoms with Crippen LogP contribution in [0.25, 0.3) is 0 Å². The molecule has 1 aromatic carbocycles. The summed E-state index contributed by atoms with van der Waals surface area (Å²) in [5, 5.41) is 3.54. The highest BCUT2D eigenvalue weighted by Gasteiger charge is 2.35. The molecule has 1 N–H and O–H groups in total. The first-order chi connectivity index (χ1) is 9.78. The molecule has 0 amide bonds. The van der Waals surface area contributed by atoms with Gasteiger partial charge in [0.15, 0.2) is 0 Å². The Hall–Kier alpha value is -1.13. The maximum absolute atomic E-state index is 13.4. The highest BCUT2D eigenvalue weighted by Crippen LogP contribution is 2.38. The van der Waals surface area contributed by atoms with Crippen LogP contribution in [0.15, 0.2) is 18.2 Å². The number of rotatable bonds is 4. The average molecular weight is 279 g/mol. The van der Waals surface area contributed by atoms with Crippen molar-refractivity contribution in [1.29, 1.82) is 0 Å². The highest BCUT2D eigenvalue weighted by molar-refractivity contribution is 5.38. The summed E-state index contributed by atoms with van der Waals surface area (Å²) < 4.78 is 25.2. The van der Waals surface area contributed by atoms with Crippen LogP contribution < -0.4 is 10.1 Å². The van der Waals surface area contributed by atoms with Gasteiger partial charge in [-0.2, -0.15) is 0 Å². The van der Waals surface area contributed by atoms with Gasteiger partial charge in [-0.15, -0.1) is 0 Å². The molecule has 0 saturated carbocycles. The number of ether oxygens (including phenoxy) is 2. The molecule has 1 saturated heterocycles. The van der Waals surface area contributed by atoms with Crippen LogP contribution in [-0.4, -0.2) is 25.4 Å². The van der Waals surface area contributed by atoms with E-state index < -0.39 is 0 Å². The fourth-order valence-electron chi connectivity index (χ4n) is 3.10. The van der Waals surface area contributed by atoms with Gasteiger partial charge in [-0.3, -0.25) is 0 Å². The Bertz CT molecular complexity index is 460. The molecule has 0 bridgehead atoms. The minimum atomic E-state index is -0.244. The first-order valence-electron chi connectivity index (χ1n) is 7.59. The van der Waals surface area contributed by atoms with E-state index in [-0.39, 0.29) is 24.1 Å². The largest absolute Gasteiger partial charge is 0.487 e. The van der Waals surface area contributed by atoms with Crippen molar-refractivity contribution in [1.82, 2.24) is 5.32 Å². The molecule has 2 heterocycles. The molecule has 4 heteroatoms. The molecule has 2 aliphatic rings. The standard InChI is InChI=1S/C16H22FNO2/c1-2-7-18-13-10-16(14-4-3-8-19-14)20-15-9-11(17)5-6-12(13)15/h5-6,9,13-14,16,18H,2-4,7-8,10H2,1H3. The van der Waals surface area contributed by atoms with Crippen molar-refractivity contribution in [2.24, 2.45) is 0 Å². The molecule has 0 aromatic heterocycles. The summed E-state index contributed by atoms with van der Waals surface area (Å²) in [6.07, 6.45) is 4.28. The lowest BCUT2D eigenvalue weighted by Crippen LogP contribution is -2.40. The Morgan fingerprint density at radius 3 is 3.00 bits per heavy atom. The second-order valence-corrected chi connectivity index (χ2v) is 5.63. The Balaban J connectivity index is 1.82.